The van der Waals surface area contributed by atoms with Crippen LogP contribution in [0, 0.1) is 11.8 Å². The summed E-state index contributed by atoms with van der Waals surface area (Å²) < 4.78 is 10.2. The van der Waals surface area contributed by atoms with Crippen molar-refractivity contribution in [3.63, 3.8) is 0 Å². The molecule has 4 rings (SSSR count). The molecule has 3 heterocycles. The van der Waals surface area contributed by atoms with Gasteiger partial charge in [0.1, 0.15) is 5.75 Å². The summed E-state index contributed by atoms with van der Waals surface area (Å²) in [5.41, 5.74) is 1.10. The van der Waals surface area contributed by atoms with E-state index in [4.69, 9.17) is 9.47 Å². The number of phenolic OH excluding ortho intramolecular Hbond substituents is 1. The number of anilines is 1. The lowest BCUT2D eigenvalue weighted by molar-refractivity contribution is -0.137. The van der Waals surface area contributed by atoms with Crippen molar-refractivity contribution in [2.75, 3.05) is 32.6 Å². The first kappa shape index (κ1) is 19.8. The lowest BCUT2D eigenvalue weighted by Crippen LogP contribution is -2.53. The fourth-order valence-electron chi connectivity index (χ4n) is 5.73. The molecule has 1 aromatic rings. The van der Waals surface area contributed by atoms with Crippen molar-refractivity contribution in [1.29, 1.82) is 0 Å². The highest BCUT2D eigenvalue weighted by Crippen LogP contribution is 2.55. The molecule has 156 valence electrons. The van der Waals surface area contributed by atoms with Gasteiger partial charge in [-0.25, -0.2) is 4.79 Å². The van der Waals surface area contributed by atoms with E-state index >= 15 is 0 Å². The zero-order valence-electron chi connectivity index (χ0n) is 17.1. The predicted molar refractivity (Wildman–Crippen MR) is 107 cm³/mol. The molecule has 1 amide bonds. The van der Waals surface area contributed by atoms with E-state index < -0.39 is 11.4 Å². The van der Waals surface area contributed by atoms with E-state index in [0.29, 0.717) is 29.7 Å². The van der Waals surface area contributed by atoms with Crippen LogP contribution in [0.3, 0.4) is 0 Å². The third-order valence-corrected chi connectivity index (χ3v) is 7.05. The van der Waals surface area contributed by atoms with Crippen molar-refractivity contribution >= 4 is 17.6 Å². The summed E-state index contributed by atoms with van der Waals surface area (Å²) in [4.78, 5) is 28.1. The van der Waals surface area contributed by atoms with Crippen LogP contribution in [-0.4, -0.2) is 55.2 Å². The molecule has 0 aromatic heterocycles. The van der Waals surface area contributed by atoms with Crippen LogP contribution < -0.4 is 5.32 Å². The summed E-state index contributed by atoms with van der Waals surface area (Å²) in [5, 5.41) is 13.6. The first-order chi connectivity index (χ1) is 14.0. The highest BCUT2D eigenvalue weighted by Gasteiger charge is 2.61. The quantitative estimate of drug-likeness (QED) is 0.458. The number of nitrogens with one attached hydrogen (secondary N) is 1. The van der Waals surface area contributed by atoms with Crippen molar-refractivity contribution in [2.24, 2.45) is 11.8 Å². The Bertz CT molecular complexity index is 867. The number of aromatic hydroxyl groups is 1. The number of rotatable bonds is 4. The van der Waals surface area contributed by atoms with Gasteiger partial charge in [0.25, 0.3) is 0 Å². The number of amides is 1. The number of piperidine rings is 1. The maximum absolute atomic E-state index is 13.2. The normalized spacial score (nSPS) is 31.3. The predicted octanol–water partition coefficient (Wildman–Crippen LogP) is 2.41. The van der Waals surface area contributed by atoms with Crippen molar-refractivity contribution in [2.45, 2.75) is 37.6 Å². The Balaban J connectivity index is 1.77. The lowest BCUT2D eigenvalue weighted by Gasteiger charge is -2.45. The van der Waals surface area contributed by atoms with E-state index in [0.717, 1.165) is 19.5 Å². The fraction of sp³-hybridized carbons (Fsp3) is 0.545. The SMILES string of the molecule is CC[C@H]1CN2CC[C@]3(C(=O)Nc4cccc(O)c43)[C@H]2C[C@@H]1/C(=C\OC)C(=O)OC. The number of hydrogen-bond acceptors (Lipinski definition) is 6. The van der Waals surface area contributed by atoms with Gasteiger partial charge >= 0.3 is 5.97 Å². The minimum atomic E-state index is -0.800. The van der Waals surface area contributed by atoms with E-state index in [9.17, 15) is 14.7 Å². The summed E-state index contributed by atoms with van der Waals surface area (Å²) in [6.45, 7) is 3.70. The molecule has 0 aliphatic carbocycles. The molecule has 2 saturated heterocycles. The highest BCUT2D eigenvalue weighted by molar-refractivity contribution is 6.08. The number of benzene rings is 1. The molecule has 0 unspecified atom stereocenters. The average molecular weight is 400 g/mol. The maximum atomic E-state index is 13.2. The molecule has 7 nitrogen and oxygen atoms in total. The van der Waals surface area contributed by atoms with Gasteiger partial charge in [-0.3, -0.25) is 9.69 Å². The molecule has 4 atom stereocenters. The number of esters is 1. The molecule has 3 aliphatic rings. The van der Waals surface area contributed by atoms with Crippen LogP contribution in [0.4, 0.5) is 5.69 Å². The second-order valence-electron chi connectivity index (χ2n) is 8.20. The monoisotopic (exact) mass is 400 g/mol. The average Bonchev–Trinajstić information content (AvgIpc) is 3.24. The first-order valence-electron chi connectivity index (χ1n) is 10.2. The molecule has 3 aliphatic heterocycles. The minimum Gasteiger partial charge on any atom is -0.508 e. The zero-order valence-corrected chi connectivity index (χ0v) is 17.1. The largest absolute Gasteiger partial charge is 0.508 e. The van der Waals surface area contributed by atoms with Gasteiger partial charge in [-0.2, -0.15) is 0 Å². The second kappa shape index (κ2) is 7.37. The van der Waals surface area contributed by atoms with Gasteiger partial charge in [0, 0.05) is 23.8 Å². The van der Waals surface area contributed by atoms with Crippen LogP contribution in [0.15, 0.2) is 30.0 Å². The number of carbonyl (C=O) groups is 2. The molecule has 0 saturated carbocycles. The Hall–Kier alpha value is -2.54. The second-order valence-corrected chi connectivity index (χ2v) is 8.20. The number of carbonyl (C=O) groups excluding carboxylic acids is 2. The Morgan fingerprint density at radius 1 is 1.41 bits per heavy atom. The van der Waals surface area contributed by atoms with E-state index in [1.807, 2.05) is 6.07 Å². The maximum Gasteiger partial charge on any atom is 0.337 e. The van der Waals surface area contributed by atoms with Gasteiger partial charge in [-0.05, 0) is 43.4 Å². The molecular weight excluding hydrogens is 372 g/mol. The Labute approximate surface area is 170 Å². The Morgan fingerprint density at radius 3 is 2.90 bits per heavy atom. The van der Waals surface area contributed by atoms with Gasteiger partial charge in [-0.15, -0.1) is 0 Å². The van der Waals surface area contributed by atoms with Gasteiger partial charge in [-0.1, -0.05) is 19.4 Å². The van der Waals surface area contributed by atoms with Crippen molar-refractivity contribution in [1.82, 2.24) is 4.90 Å². The molecular formula is C22H28N2O5. The Morgan fingerprint density at radius 2 is 2.21 bits per heavy atom. The minimum absolute atomic E-state index is 0.0643. The van der Waals surface area contributed by atoms with Crippen LogP contribution >= 0.6 is 0 Å². The van der Waals surface area contributed by atoms with Crippen molar-refractivity contribution in [3.05, 3.63) is 35.6 Å². The fourth-order valence-corrected chi connectivity index (χ4v) is 5.73. The number of hydrogen-bond donors (Lipinski definition) is 2. The highest BCUT2D eigenvalue weighted by atomic mass is 16.5. The van der Waals surface area contributed by atoms with Crippen LogP contribution in [0.2, 0.25) is 0 Å². The van der Waals surface area contributed by atoms with Gasteiger partial charge in [0.05, 0.1) is 31.5 Å². The Kier molecular flexibility index (Phi) is 5.02. The summed E-state index contributed by atoms with van der Waals surface area (Å²) in [6.07, 6.45) is 3.67. The summed E-state index contributed by atoms with van der Waals surface area (Å²) in [6, 6.07) is 5.12. The summed E-state index contributed by atoms with van der Waals surface area (Å²) in [7, 11) is 2.90. The van der Waals surface area contributed by atoms with Crippen molar-refractivity contribution in [3.8, 4) is 5.75 Å². The summed E-state index contributed by atoms with van der Waals surface area (Å²) >= 11 is 0. The lowest BCUT2D eigenvalue weighted by atomic mass is 9.67. The number of fused-ring (bicyclic) bond motifs is 4. The molecule has 1 aromatic carbocycles. The molecule has 0 bridgehead atoms. The van der Waals surface area contributed by atoms with Crippen LogP contribution in [0.25, 0.3) is 0 Å². The van der Waals surface area contributed by atoms with Crippen LogP contribution in [0.5, 0.6) is 5.75 Å². The zero-order chi connectivity index (χ0) is 20.8. The molecule has 2 N–H and O–H groups in total. The third kappa shape index (κ3) is 2.82. The van der Waals surface area contributed by atoms with Crippen molar-refractivity contribution < 1.29 is 24.2 Å². The third-order valence-electron chi connectivity index (χ3n) is 7.05. The molecule has 7 heteroatoms. The molecule has 1 spiro atoms. The number of ether oxygens (including phenoxy) is 2. The van der Waals surface area contributed by atoms with E-state index in [1.54, 1.807) is 12.1 Å². The van der Waals surface area contributed by atoms with Crippen LogP contribution in [0.1, 0.15) is 31.7 Å². The van der Waals surface area contributed by atoms with Crippen LogP contribution in [-0.2, 0) is 24.5 Å². The molecule has 29 heavy (non-hydrogen) atoms. The van der Waals surface area contributed by atoms with E-state index in [1.165, 1.54) is 20.5 Å². The summed E-state index contributed by atoms with van der Waals surface area (Å²) in [5.74, 6) is -0.125. The number of phenols is 1. The number of nitrogens with zero attached hydrogens (tertiary/aromatic N) is 1. The topological polar surface area (TPSA) is 88.1 Å². The standard InChI is InChI=1S/C22H28N2O5/c1-4-13-11-24-9-8-22(19-16(23-21(22)27)6-5-7-17(19)25)18(24)10-14(13)15(12-28-2)20(26)29-3/h5-7,12-14,18,25H,4,8-11H2,1-3H3,(H,23,27)/b15-12+/t13-,14-,18+,22-/m0/s1. The van der Waals surface area contributed by atoms with Gasteiger partial charge in [0.2, 0.25) is 5.91 Å². The molecule has 2 fully saturated rings. The van der Waals surface area contributed by atoms with E-state index in [-0.39, 0.29) is 29.5 Å². The first-order valence-corrected chi connectivity index (χ1v) is 10.2. The smallest absolute Gasteiger partial charge is 0.337 e. The molecule has 0 radical (unpaired) electrons. The van der Waals surface area contributed by atoms with Gasteiger partial charge in [0.15, 0.2) is 0 Å². The van der Waals surface area contributed by atoms with E-state index in [2.05, 4.69) is 17.1 Å². The van der Waals surface area contributed by atoms with Gasteiger partial charge < -0.3 is 19.9 Å². The number of methoxy groups -OCH3 is 2.